The Balaban J connectivity index is 1.84. The topological polar surface area (TPSA) is 78.7 Å². The maximum Gasteiger partial charge on any atom is 0.234 e. The van der Waals surface area contributed by atoms with Gasteiger partial charge in [-0.15, -0.1) is 10.2 Å². The fourth-order valence-corrected chi connectivity index (χ4v) is 4.35. The molecule has 0 bridgehead atoms. The Kier molecular flexibility index (Phi) is 6.89. The summed E-state index contributed by atoms with van der Waals surface area (Å²) < 4.78 is 1.71. The number of nitrogens with zero attached hydrogens (tertiary/aromatic N) is 3. The molecule has 0 saturated carbocycles. The second kappa shape index (κ2) is 8.91. The molecule has 1 amide bonds. The van der Waals surface area contributed by atoms with Crippen molar-refractivity contribution in [2.24, 2.45) is 5.92 Å². The van der Waals surface area contributed by atoms with Gasteiger partial charge < -0.3 is 5.32 Å². The minimum atomic E-state index is -0.163. The lowest BCUT2D eigenvalue weighted by Crippen LogP contribution is -2.14. The zero-order chi connectivity index (χ0) is 16.7. The summed E-state index contributed by atoms with van der Waals surface area (Å²) in [6, 6.07) is 8.99. The molecular weight excluding hydrogens is 348 g/mol. The summed E-state index contributed by atoms with van der Waals surface area (Å²) >= 11 is 4.54. The van der Waals surface area contributed by atoms with Crippen LogP contribution in [0.25, 0.3) is 0 Å². The minimum absolute atomic E-state index is 0.163. The van der Waals surface area contributed by atoms with Crippen molar-refractivity contribution in [3.05, 3.63) is 29.8 Å². The first-order chi connectivity index (χ1) is 11.1. The molecule has 0 aliphatic heterocycles. The van der Waals surface area contributed by atoms with Crippen LogP contribution in [0, 0.1) is 17.2 Å². The van der Waals surface area contributed by atoms with Crippen LogP contribution in [-0.4, -0.2) is 27.6 Å². The molecule has 0 spiro atoms. The number of hydrogen-bond acceptors (Lipinski definition) is 7. The summed E-state index contributed by atoms with van der Waals surface area (Å²) in [6.07, 6.45) is 0. The van der Waals surface area contributed by atoms with Crippen molar-refractivity contribution in [1.29, 1.82) is 5.26 Å². The Morgan fingerprint density at radius 2 is 2.00 bits per heavy atom. The van der Waals surface area contributed by atoms with E-state index in [0.717, 1.165) is 14.4 Å². The quantitative estimate of drug-likeness (QED) is 0.751. The number of amides is 1. The second-order valence-electron chi connectivity index (χ2n) is 5.03. The number of para-hydroxylation sites is 1. The third-order valence-electron chi connectivity index (χ3n) is 2.58. The monoisotopic (exact) mass is 364 g/mol. The smallest absolute Gasteiger partial charge is 0.234 e. The summed E-state index contributed by atoms with van der Waals surface area (Å²) in [4.78, 5) is 12.0. The van der Waals surface area contributed by atoms with E-state index in [0.29, 0.717) is 17.2 Å². The fraction of sp³-hybridized carbons (Fsp3) is 0.333. The Labute approximate surface area is 147 Å². The van der Waals surface area contributed by atoms with Crippen molar-refractivity contribution in [3.8, 4) is 6.07 Å². The molecular formula is C15H16N4OS3. The van der Waals surface area contributed by atoms with E-state index in [1.165, 1.54) is 23.1 Å². The van der Waals surface area contributed by atoms with E-state index in [1.54, 1.807) is 36.0 Å². The number of carbonyl (C=O) groups is 1. The normalized spacial score (nSPS) is 10.5. The van der Waals surface area contributed by atoms with Crippen LogP contribution in [0.2, 0.25) is 0 Å². The summed E-state index contributed by atoms with van der Waals surface area (Å²) in [7, 11) is 0. The van der Waals surface area contributed by atoms with Gasteiger partial charge in [0.2, 0.25) is 5.91 Å². The number of nitriles is 1. The fourth-order valence-electron chi connectivity index (χ4n) is 1.55. The van der Waals surface area contributed by atoms with Crippen molar-refractivity contribution >= 4 is 46.5 Å². The van der Waals surface area contributed by atoms with Crippen molar-refractivity contribution in [2.75, 3.05) is 16.8 Å². The average Bonchev–Trinajstić information content (AvgIpc) is 2.99. The molecule has 120 valence electrons. The first kappa shape index (κ1) is 17.8. The van der Waals surface area contributed by atoms with Crippen molar-refractivity contribution in [2.45, 2.75) is 22.5 Å². The van der Waals surface area contributed by atoms with Crippen molar-refractivity contribution < 1.29 is 4.79 Å². The van der Waals surface area contributed by atoms with E-state index in [9.17, 15) is 4.79 Å². The van der Waals surface area contributed by atoms with E-state index >= 15 is 0 Å². The van der Waals surface area contributed by atoms with Gasteiger partial charge >= 0.3 is 0 Å². The highest BCUT2D eigenvalue weighted by molar-refractivity contribution is 8.03. The summed E-state index contributed by atoms with van der Waals surface area (Å²) in [5, 5.41) is 20.0. The standard InChI is InChI=1S/C15H16N4OS3/c1-10(2)8-21-14-18-19-15(23-14)22-9-13(20)17-12-6-4-3-5-11(12)7-16/h3-6,10H,8-9H2,1-2H3,(H,17,20). The molecule has 0 unspecified atom stereocenters. The van der Waals surface area contributed by atoms with Gasteiger partial charge in [-0.1, -0.05) is 60.8 Å². The molecule has 23 heavy (non-hydrogen) atoms. The van der Waals surface area contributed by atoms with E-state index in [2.05, 4.69) is 35.4 Å². The maximum atomic E-state index is 12.0. The lowest BCUT2D eigenvalue weighted by atomic mass is 10.2. The minimum Gasteiger partial charge on any atom is -0.324 e. The number of carbonyl (C=O) groups excluding carboxylic acids is 1. The van der Waals surface area contributed by atoms with Crippen LogP contribution in [0.15, 0.2) is 32.9 Å². The SMILES string of the molecule is CC(C)CSc1nnc(SCC(=O)Nc2ccccc2C#N)s1. The molecule has 1 N–H and O–H groups in total. The molecule has 5 nitrogen and oxygen atoms in total. The number of aromatic nitrogens is 2. The van der Waals surface area contributed by atoms with Crippen LogP contribution in [0.4, 0.5) is 5.69 Å². The summed E-state index contributed by atoms with van der Waals surface area (Å²) in [5.41, 5.74) is 0.986. The van der Waals surface area contributed by atoms with Gasteiger partial charge in [-0.25, -0.2) is 0 Å². The van der Waals surface area contributed by atoms with Crippen molar-refractivity contribution in [1.82, 2.24) is 10.2 Å². The maximum absolute atomic E-state index is 12.0. The molecule has 1 heterocycles. The van der Waals surface area contributed by atoms with Gasteiger partial charge in [-0.3, -0.25) is 4.79 Å². The number of rotatable bonds is 7. The molecule has 1 aromatic carbocycles. The molecule has 0 radical (unpaired) electrons. The molecule has 1 aromatic heterocycles. The largest absolute Gasteiger partial charge is 0.324 e. The van der Waals surface area contributed by atoms with Crippen LogP contribution < -0.4 is 5.32 Å². The highest BCUT2D eigenvalue weighted by Gasteiger charge is 2.10. The zero-order valence-electron chi connectivity index (χ0n) is 12.8. The highest BCUT2D eigenvalue weighted by Crippen LogP contribution is 2.29. The average molecular weight is 365 g/mol. The van der Waals surface area contributed by atoms with E-state index in [-0.39, 0.29) is 11.7 Å². The molecule has 0 saturated heterocycles. The molecule has 2 rings (SSSR count). The van der Waals surface area contributed by atoms with Crippen molar-refractivity contribution in [3.63, 3.8) is 0 Å². The predicted molar refractivity (Wildman–Crippen MR) is 96.0 cm³/mol. The molecule has 8 heteroatoms. The predicted octanol–water partition coefficient (Wildman–Crippen LogP) is 3.89. The Hall–Kier alpha value is -1.56. The van der Waals surface area contributed by atoms with Gasteiger partial charge in [-0.2, -0.15) is 5.26 Å². The van der Waals surface area contributed by atoms with Crippen LogP contribution in [0.1, 0.15) is 19.4 Å². The number of benzene rings is 1. The molecule has 0 aliphatic carbocycles. The number of hydrogen-bond donors (Lipinski definition) is 1. The molecule has 0 fully saturated rings. The lowest BCUT2D eigenvalue weighted by Gasteiger charge is -2.05. The van der Waals surface area contributed by atoms with Gasteiger partial charge in [-0.05, 0) is 18.1 Å². The number of thioether (sulfide) groups is 2. The third-order valence-corrected chi connectivity index (χ3v) is 6.19. The first-order valence-electron chi connectivity index (χ1n) is 6.96. The van der Waals surface area contributed by atoms with Gasteiger partial charge in [0.05, 0.1) is 17.0 Å². The first-order valence-corrected chi connectivity index (χ1v) is 9.75. The molecule has 0 aliphatic rings. The van der Waals surface area contributed by atoms with E-state index in [4.69, 9.17) is 5.26 Å². The molecule has 2 aromatic rings. The van der Waals surface area contributed by atoms with E-state index in [1.807, 2.05) is 0 Å². The van der Waals surface area contributed by atoms with E-state index < -0.39 is 0 Å². The lowest BCUT2D eigenvalue weighted by molar-refractivity contribution is -0.113. The Bertz CT molecular complexity index is 709. The summed E-state index contributed by atoms with van der Waals surface area (Å²) in [6.45, 7) is 4.32. The van der Waals surface area contributed by atoms with Crippen LogP contribution in [0.5, 0.6) is 0 Å². The van der Waals surface area contributed by atoms with Gasteiger partial charge in [0.25, 0.3) is 0 Å². The van der Waals surface area contributed by atoms with Gasteiger partial charge in [0, 0.05) is 5.75 Å². The highest BCUT2D eigenvalue weighted by atomic mass is 32.2. The Morgan fingerprint density at radius 1 is 1.30 bits per heavy atom. The summed E-state index contributed by atoms with van der Waals surface area (Å²) in [5.74, 6) is 1.68. The van der Waals surface area contributed by atoms with Crippen LogP contribution in [-0.2, 0) is 4.79 Å². The number of anilines is 1. The Morgan fingerprint density at radius 3 is 2.70 bits per heavy atom. The molecule has 0 atom stereocenters. The van der Waals surface area contributed by atoms with Crippen LogP contribution in [0.3, 0.4) is 0 Å². The zero-order valence-corrected chi connectivity index (χ0v) is 15.2. The number of nitrogens with one attached hydrogen (secondary N) is 1. The van der Waals surface area contributed by atoms with Crippen LogP contribution >= 0.6 is 34.9 Å². The third kappa shape index (κ3) is 5.86. The van der Waals surface area contributed by atoms with Gasteiger partial charge in [0.15, 0.2) is 8.68 Å². The van der Waals surface area contributed by atoms with Gasteiger partial charge in [0.1, 0.15) is 6.07 Å². The second-order valence-corrected chi connectivity index (χ2v) is 8.50.